The van der Waals surface area contributed by atoms with Gasteiger partial charge in [0.25, 0.3) is 5.91 Å². The van der Waals surface area contributed by atoms with Crippen molar-refractivity contribution in [1.82, 2.24) is 9.97 Å². The molecule has 1 amide bonds. The SMILES string of the molecule is CCNc1cnccc1C(=O)Nc1ccncc1. The van der Waals surface area contributed by atoms with Gasteiger partial charge in [0.05, 0.1) is 17.4 Å². The van der Waals surface area contributed by atoms with E-state index in [4.69, 9.17) is 0 Å². The van der Waals surface area contributed by atoms with Crippen molar-refractivity contribution in [2.75, 3.05) is 17.2 Å². The van der Waals surface area contributed by atoms with Crippen LogP contribution in [-0.2, 0) is 0 Å². The molecule has 2 heterocycles. The molecule has 0 aliphatic rings. The fourth-order valence-corrected chi connectivity index (χ4v) is 1.56. The smallest absolute Gasteiger partial charge is 0.257 e. The van der Waals surface area contributed by atoms with Crippen LogP contribution in [-0.4, -0.2) is 22.4 Å². The molecule has 0 saturated carbocycles. The zero-order chi connectivity index (χ0) is 12.8. The Morgan fingerprint density at radius 2 is 1.89 bits per heavy atom. The number of anilines is 2. The Labute approximate surface area is 105 Å². The van der Waals surface area contributed by atoms with Crippen LogP contribution in [0.4, 0.5) is 11.4 Å². The van der Waals surface area contributed by atoms with Gasteiger partial charge in [-0.2, -0.15) is 0 Å². The van der Waals surface area contributed by atoms with Crippen molar-refractivity contribution in [1.29, 1.82) is 0 Å². The Bertz CT molecular complexity index is 528. The zero-order valence-corrected chi connectivity index (χ0v) is 10.1. The number of nitrogens with one attached hydrogen (secondary N) is 2. The predicted octanol–water partition coefficient (Wildman–Crippen LogP) is 2.16. The summed E-state index contributed by atoms with van der Waals surface area (Å²) < 4.78 is 0. The number of pyridine rings is 2. The van der Waals surface area contributed by atoms with Crippen molar-refractivity contribution in [2.45, 2.75) is 6.92 Å². The molecule has 0 fully saturated rings. The van der Waals surface area contributed by atoms with Gasteiger partial charge in [-0.1, -0.05) is 0 Å². The van der Waals surface area contributed by atoms with Gasteiger partial charge >= 0.3 is 0 Å². The van der Waals surface area contributed by atoms with Crippen molar-refractivity contribution in [3.8, 4) is 0 Å². The third kappa shape index (κ3) is 2.82. The topological polar surface area (TPSA) is 66.9 Å². The molecule has 0 aliphatic heterocycles. The maximum absolute atomic E-state index is 12.1. The summed E-state index contributed by atoms with van der Waals surface area (Å²) in [5.41, 5.74) is 2.02. The summed E-state index contributed by atoms with van der Waals surface area (Å²) in [6.07, 6.45) is 6.51. The van der Waals surface area contributed by atoms with E-state index >= 15 is 0 Å². The van der Waals surface area contributed by atoms with Gasteiger partial charge in [0, 0.05) is 30.8 Å². The second-order valence-electron chi connectivity index (χ2n) is 3.64. The number of amides is 1. The van der Waals surface area contributed by atoms with Crippen LogP contribution in [0.2, 0.25) is 0 Å². The van der Waals surface area contributed by atoms with E-state index in [0.29, 0.717) is 11.3 Å². The summed E-state index contributed by atoms with van der Waals surface area (Å²) >= 11 is 0. The van der Waals surface area contributed by atoms with E-state index in [0.717, 1.165) is 12.2 Å². The minimum atomic E-state index is -0.167. The Hall–Kier alpha value is -2.43. The van der Waals surface area contributed by atoms with Crippen LogP contribution < -0.4 is 10.6 Å². The van der Waals surface area contributed by atoms with E-state index in [1.165, 1.54) is 0 Å². The van der Waals surface area contributed by atoms with Gasteiger partial charge in [0.2, 0.25) is 0 Å². The van der Waals surface area contributed by atoms with Crippen LogP contribution >= 0.6 is 0 Å². The third-order valence-corrected chi connectivity index (χ3v) is 2.37. The maximum atomic E-state index is 12.1. The van der Waals surface area contributed by atoms with Gasteiger partial charge in [-0.05, 0) is 25.1 Å². The third-order valence-electron chi connectivity index (χ3n) is 2.37. The van der Waals surface area contributed by atoms with Crippen LogP contribution in [0.3, 0.4) is 0 Å². The number of rotatable bonds is 4. The number of aromatic nitrogens is 2. The molecule has 0 radical (unpaired) electrons. The number of hydrogen-bond donors (Lipinski definition) is 2. The largest absolute Gasteiger partial charge is 0.383 e. The van der Waals surface area contributed by atoms with Crippen molar-refractivity contribution in [2.24, 2.45) is 0 Å². The summed E-state index contributed by atoms with van der Waals surface area (Å²) in [5, 5.41) is 5.92. The summed E-state index contributed by atoms with van der Waals surface area (Å²) in [6, 6.07) is 5.17. The first-order valence-corrected chi connectivity index (χ1v) is 5.70. The van der Waals surface area contributed by atoms with E-state index < -0.39 is 0 Å². The van der Waals surface area contributed by atoms with Crippen LogP contribution in [0.5, 0.6) is 0 Å². The van der Waals surface area contributed by atoms with Gasteiger partial charge < -0.3 is 10.6 Å². The highest BCUT2D eigenvalue weighted by Gasteiger charge is 2.10. The first kappa shape index (κ1) is 12.0. The predicted molar refractivity (Wildman–Crippen MR) is 70.6 cm³/mol. The molecule has 2 aromatic heterocycles. The minimum Gasteiger partial charge on any atom is -0.383 e. The average molecular weight is 242 g/mol. The molecule has 0 spiro atoms. The molecule has 0 bridgehead atoms. The Kier molecular flexibility index (Phi) is 3.86. The molecule has 18 heavy (non-hydrogen) atoms. The van der Waals surface area contributed by atoms with Gasteiger partial charge in [0.1, 0.15) is 0 Å². The van der Waals surface area contributed by atoms with E-state index in [9.17, 15) is 4.79 Å². The molecule has 0 atom stereocenters. The number of nitrogens with zero attached hydrogens (tertiary/aromatic N) is 2. The van der Waals surface area contributed by atoms with E-state index in [1.54, 1.807) is 43.0 Å². The quantitative estimate of drug-likeness (QED) is 0.862. The Morgan fingerprint density at radius 1 is 1.17 bits per heavy atom. The molecule has 2 N–H and O–H groups in total. The lowest BCUT2D eigenvalue weighted by Crippen LogP contribution is -2.15. The van der Waals surface area contributed by atoms with Crippen LogP contribution in [0.1, 0.15) is 17.3 Å². The summed E-state index contributed by atoms with van der Waals surface area (Å²) in [4.78, 5) is 20.0. The molecule has 5 heteroatoms. The van der Waals surface area contributed by atoms with Gasteiger partial charge in [-0.15, -0.1) is 0 Å². The number of hydrogen-bond acceptors (Lipinski definition) is 4. The average Bonchev–Trinajstić information content (AvgIpc) is 2.41. The van der Waals surface area contributed by atoms with Crippen LogP contribution in [0.15, 0.2) is 43.0 Å². The molecule has 2 rings (SSSR count). The normalized spacial score (nSPS) is 9.83. The van der Waals surface area contributed by atoms with Crippen molar-refractivity contribution in [3.05, 3.63) is 48.5 Å². The summed E-state index contributed by atoms with van der Waals surface area (Å²) in [5.74, 6) is -0.167. The highest BCUT2D eigenvalue weighted by molar-refractivity contribution is 6.07. The van der Waals surface area contributed by atoms with Crippen LogP contribution in [0.25, 0.3) is 0 Å². The van der Waals surface area contributed by atoms with Crippen LogP contribution in [0, 0.1) is 0 Å². The first-order chi connectivity index (χ1) is 8.81. The molecule has 0 saturated heterocycles. The van der Waals surface area contributed by atoms with Crippen molar-refractivity contribution < 1.29 is 4.79 Å². The summed E-state index contributed by atoms with van der Waals surface area (Å²) in [7, 11) is 0. The maximum Gasteiger partial charge on any atom is 0.257 e. The van der Waals surface area contributed by atoms with Gasteiger partial charge in [-0.25, -0.2) is 0 Å². The standard InChI is InChI=1S/C13H14N4O/c1-2-16-12-9-15-8-5-11(12)13(18)17-10-3-6-14-7-4-10/h3-9,16H,2H2,1H3,(H,14,17,18). The molecule has 0 unspecified atom stereocenters. The lowest BCUT2D eigenvalue weighted by Gasteiger charge is -2.10. The monoisotopic (exact) mass is 242 g/mol. The number of carbonyl (C=O) groups excluding carboxylic acids is 1. The van der Waals surface area contributed by atoms with Crippen molar-refractivity contribution in [3.63, 3.8) is 0 Å². The molecule has 92 valence electrons. The first-order valence-electron chi connectivity index (χ1n) is 5.70. The second-order valence-corrected chi connectivity index (χ2v) is 3.64. The molecule has 5 nitrogen and oxygen atoms in total. The fourth-order valence-electron chi connectivity index (χ4n) is 1.56. The lowest BCUT2D eigenvalue weighted by molar-refractivity contribution is 0.102. The van der Waals surface area contributed by atoms with E-state index in [1.807, 2.05) is 6.92 Å². The molecular formula is C13H14N4O. The number of carbonyl (C=O) groups is 1. The molecular weight excluding hydrogens is 228 g/mol. The minimum absolute atomic E-state index is 0.167. The van der Waals surface area contributed by atoms with E-state index in [2.05, 4.69) is 20.6 Å². The lowest BCUT2D eigenvalue weighted by atomic mass is 10.2. The van der Waals surface area contributed by atoms with Crippen molar-refractivity contribution >= 4 is 17.3 Å². The summed E-state index contributed by atoms with van der Waals surface area (Å²) in [6.45, 7) is 2.71. The highest BCUT2D eigenvalue weighted by Crippen LogP contribution is 2.15. The molecule has 0 aliphatic carbocycles. The zero-order valence-electron chi connectivity index (χ0n) is 10.1. The fraction of sp³-hybridized carbons (Fsp3) is 0.154. The highest BCUT2D eigenvalue weighted by atomic mass is 16.1. The van der Waals surface area contributed by atoms with Gasteiger partial charge in [-0.3, -0.25) is 14.8 Å². The molecule has 0 aromatic carbocycles. The van der Waals surface area contributed by atoms with Gasteiger partial charge in [0.15, 0.2) is 0 Å². The molecule has 2 aromatic rings. The van der Waals surface area contributed by atoms with E-state index in [-0.39, 0.29) is 5.91 Å². The second kappa shape index (κ2) is 5.77. The Balaban J connectivity index is 2.19. The Morgan fingerprint density at radius 3 is 2.61 bits per heavy atom.